The van der Waals surface area contributed by atoms with Gasteiger partial charge in [-0.1, -0.05) is 13.8 Å². The molecule has 0 radical (unpaired) electrons. The Bertz CT molecular complexity index is 192. The Morgan fingerprint density at radius 3 is 2.45 bits per heavy atom. The van der Waals surface area contributed by atoms with E-state index in [9.17, 15) is 4.21 Å². The summed E-state index contributed by atoms with van der Waals surface area (Å²) in [5.41, 5.74) is 0. The second kappa shape index (κ2) is 3.57. The monoisotopic (exact) mass is 175 g/mol. The zero-order valence-electron chi connectivity index (χ0n) is 7.21. The van der Waals surface area contributed by atoms with Crippen molar-refractivity contribution in [3.8, 4) is 0 Å². The van der Waals surface area contributed by atoms with Gasteiger partial charge in [0.15, 0.2) is 0 Å². The molecule has 1 fully saturated rings. The lowest BCUT2D eigenvalue weighted by atomic mass is 9.83. The van der Waals surface area contributed by atoms with E-state index in [1.54, 1.807) is 0 Å². The molecule has 1 saturated carbocycles. The summed E-state index contributed by atoms with van der Waals surface area (Å²) < 4.78 is 18.1. The highest BCUT2D eigenvalue weighted by Gasteiger charge is 2.25. The minimum Gasteiger partial charge on any atom is -0.255 e. The van der Waals surface area contributed by atoms with Crippen LogP contribution in [-0.4, -0.2) is 9.46 Å². The number of thiol groups is 1. The Labute approximate surface area is 70.4 Å². The largest absolute Gasteiger partial charge is 0.255 e. The molecule has 0 aromatic rings. The van der Waals surface area contributed by atoms with Crippen molar-refractivity contribution in [1.29, 1.82) is 4.78 Å². The van der Waals surface area contributed by atoms with E-state index in [0.717, 1.165) is 25.2 Å². The molecule has 0 spiro atoms. The second-order valence-corrected chi connectivity index (χ2v) is 5.10. The molecular formula is C8H17NOS. The molecule has 0 saturated heterocycles. The summed E-state index contributed by atoms with van der Waals surface area (Å²) in [6, 6.07) is 0. The third kappa shape index (κ3) is 2.19. The van der Waals surface area contributed by atoms with Crippen molar-refractivity contribution >= 4 is 10.6 Å². The first-order valence-corrected chi connectivity index (χ1v) is 5.61. The molecule has 0 aliphatic heterocycles. The third-order valence-corrected chi connectivity index (χ3v) is 4.06. The van der Waals surface area contributed by atoms with E-state index in [1.807, 2.05) is 0 Å². The van der Waals surface area contributed by atoms with Crippen molar-refractivity contribution in [2.45, 2.75) is 38.4 Å². The van der Waals surface area contributed by atoms with E-state index in [2.05, 4.69) is 13.8 Å². The lowest BCUT2D eigenvalue weighted by Gasteiger charge is -2.29. The summed E-state index contributed by atoms with van der Waals surface area (Å²) in [6.45, 7) is 4.37. The van der Waals surface area contributed by atoms with Gasteiger partial charge in [-0.25, -0.2) is 0 Å². The van der Waals surface area contributed by atoms with Gasteiger partial charge in [-0.05, 0) is 31.1 Å². The predicted octanol–water partition coefficient (Wildman–Crippen LogP) is 2.05. The average molecular weight is 175 g/mol. The minimum absolute atomic E-state index is 0.182. The maximum Gasteiger partial charge on any atom is 0.0427 e. The van der Waals surface area contributed by atoms with Gasteiger partial charge < -0.3 is 0 Å². The Hall–Kier alpha value is -0.0500. The maximum atomic E-state index is 10.9. The first kappa shape index (κ1) is 9.04. The Morgan fingerprint density at radius 1 is 1.36 bits per heavy atom. The van der Waals surface area contributed by atoms with Crippen LogP contribution in [0.4, 0.5) is 0 Å². The van der Waals surface area contributed by atoms with Gasteiger partial charge in [-0.3, -0.25) is 8.99 Å². The molecule has 0 aromatic carbocycles. The molecule has 1 aliphatic rings. The van der Waals surface area contributed by atoms with E-state index in [1.165, 1.54) is 0 Å². The SMILES string of the molecule is CC1CCC([SH](=N)=O)C(C)C1. The summed E-state index contributed by atoms with van der Waals surface area (Å²) in [4.78, 5) is 0. The molecule has 0 amide bonds. The van der Waals surface area contributed by atoms with E-state index in [-0.39, 0.29) is 5.25 Å². The number of hydrogen-bond acceptors (Lipinski definition) is 2. The van der Waals surface area contributed by atoms with Crippen molar-refractivity contribution in [2.75, 3.05) is 0 Å². The molecule has 1 rings (SSSR count). The van der Waals surface area contributed by atoms with Crippen molar-refractivity contribution in [3.63, 3.8) is 0 Å². The Morgan fingerprint density at radius 2 is 2.00 bits per heavy atom. The smallest absolute Gasteiger partial charge is 0.0427 e. The van der Waals surface area contributed by atoms with Crippen LogP contribution in [0.3, 0.4) is 0 Å². The van der Waals surface area contributed by atoms with Crippen LogP contribution in [0.2, 0.25) is 0 Å². The summed E-state index contributed by atoms with van der Waals surface area (Å²) in [6.07, 6.45) is 3.32. The quantitative estimate of drug-likeness (QED) is 0.588. The molecule has 4 atom stereocenters. The standard InChI is InChI=1S/C8H17NOS/c1-6-3-4-8(11(9)10)7(2)5-6/h6-9,11H,3-5H2,1-2H3. The van der Waals surface area contributed by atoms with Gasteiger partial charge in [0.2, 0.25) is 0 Å². The predicted molar refractivity (Wildman–Crippen MR) is 48.2 cm³/mol. The van der Waals surface area contributed by atoms with Gasteiger partial charge in [0.1, 0.15) is 0 Å². The maximum absolute atomic E-state index is 10.9. The van der Waals surface area contributed by atoms with Crippen LogP contribution in [0.25, 0.3) is 0 Å². The fourth-order valence-corrected chi connectivity index (χ4v) is 2.97. The molecule has 2 nitrogen and oxygen atoms in total. The topological polar surface area (TPSA) is 40.9 Å². The number of rotatable bonds is 1. The zero-order valence-corrected chi connectivity index (χ0v) is 8.10. The molecule has 11 heavy (non-hydrogen) atoms. The van der Waals surface area contributed by atoms with Crippen LogP contribution in [-0.2, 0) is 10.6 Å². The molecule has 0 bridgehead atoms. The van der Waals surface area contributed by atoms with Crippen molar-refractivity contribution in [3.05, 3.63) is 0 Å². The lowest BCUT2D eigenvalue weighted by molar-refractivity contribution is 0.307. The molecule has 4 unspecified atom stereocenters. The van der Waals surface area contributed by atoms with Crippen molar-refractivity contribution in [2.24, 2.45) is 11.8 Å². The lowest BCUT2D eigenvalue weighted by Crippen LogP contribution is -2.26. The third-order valence-electron chi connectivity index (χ3n) is 2.69. The van der Waals surface area contributed by atoms with E-state index < -0.39 is 10.6 Å². The number of hydrogen-bond donors (Lipinski definition) is 2. The number of nitrogens with one attached hydrogen (secondary N) is 1. The fourth-order valence-electron chi connectivity index (χ4n) is 2.00. The molecule has 3 heteroatoms. The van der Waals surface area contributed by atoms with Gasteiger partial charge in [-0.15, -0.1) is 0 Å². The van der Waals surface area contributed by atoms with Crippen LogP contribution in [0.5, 0.6) is 0 Å². The molecular weight excluding hydrogens is 158 g/mol. The minimum atomic E-state index is -1.68. The first-order chi connectivity index (χ1) is 5.11. The second-order valence-electron chi connectivity index (χ2n) is 3.79. The van der Waals surface area contributed by atoms with Crippen LogP contribution >= 0.6 is 0 Å². The Kier molecular flexibility index (Phi) is 2.93. The zero-order chi connectivity index (χ0) is 8.43. The van der Waals surface area contributed by atoms with E-state index >= 15 is 0 Å². The molecule has 0 heterocycles. The van der Waals surface area contributed by atoms with Crippen molar-refractivity contribution < 1.29 is 4.21 Å². The van der Waals surface area contributed by atoms with E-state index in [0.29, 0.717) is 5.92 Å². The van der Waals surface area contributed by atoms with Gasteiger partial charge in [0.05, 0.1) is 0 Å². The molecule has 0 aromatic heterocycles. The van der Waals surface area contributed by atoms with Crippen LogP contribution in [0.1, 0.15) is 33.1 Å². The van der Waals surface area contributed by atoms with E-state index in [4.69, 9.17) is 4.78 Å². The van der Waals surface area contributed by atoms with Crippen LogP contribution in [0.15, 0.2) is 0 Å². The summed E-state index contributed by atoms with van der Waals surface area (Å²) in [7, 11) is -1.68. The summed E-state index contributed by atoms with van der Waals surface area (Å²) >= 11 is 0. The molecule has 1 N–H and O–H groups in total. The van der Waals surface area contributed by atoms with Crippen molar-refractivity contribution in [1.82, 2.24) is 0 Å². The van der Waals surface area contributed by atoms with Crippen LogP contribution in [0, 0.1) is 16.6 Å². The Balaban J connectivity index is 2.57. The summed E-state index contributed by atoms with van der Waals surface area (Å²) in [5, 5.41) is 0.182. The van der Waals surface area contributed by atoms with Gasteiger partial charge >= 0.3 is 0 Å². The molecule has 66 valence electrons. The van der Waals surface area contributed by atoms with Crippen LogP contribution < -0.4 is 0 Å². The highest BCUT2D eigenvalue weighted by molar-refractivity contribution is 7.74. The highest BCUT2D eigenvalue weighted by atomic mass is 32.2. The van der Waals surface area contributed by atoms with Gasteiger partial charge in [0.25, 0.3) is 0 Å². The fraction of sp³-hybridized carbons (Fsp3) is 1.00. The molecule has 1 aliphatic carbocycles. The highest BCUT2D eigenvalue weighted by Crippen LogP contribution is 2.30. The first-order valence-electron chi connectivity index (χ1n) is 4.29. The summed E-state index contributed by atoms with van der Waals surface area (Å²) in [5.74, 6) is 1.27. The van der Waals surface area contributed by atoms with Gasteiger partial charge in [0, 0.05) is 15.8 Å². The van der Waals surface area contributed by atoms with Gasteiger partial charge in [-0.2, -0.15) is 0 Å². The normalized spacial score (nSPS) is 41.8. The average Bonchev–Trinajstić information content (AvgIpc) is 1.85.